The molecule has 25 heavy (non-hydrogen) atoms. The molecule has 0 heterocycles. The first-order valence-corrected chi connectivity index (χ1v) is 8.60. The van der Waals surface area contributed by atoms with Crippen molar-refractivity contribution >= 4 is 11.9 Å². The van der Waals surface area contributed by atoms with Crippen molar-refractivity contribution in [1.82, 2.24) is 5.32 Å². The van der Waals surface area contributed by atoms with Gasteiger partial charge in [-0.15, -0.1) is 0 Å². The number of nitrogens with one attached hydrogen (secondary N) is 1. The van der Waals surface area contributed by atoms with Crippen LogP contribution in [0.15, 0.2) is 48.5 Å². The number of esters is 1. The Bertz CT molecular complexity index is 725. The molecule has 4 heteroatoms. The fraction of sp³-hybridized carbons (Fsp3) is 0.333. The van der Waals surface area contributed by atoms with Crippen molar-refractivity contribution in [2.24, 2.45) is 0 Å². The van der Waals surface area contributed by atoms with Crippen molar-refractivity contribution in [3.8, 4) is 0 Å². The third-order valence-corrected chi connectivity index (χ3v) is 4.19. The molecule has 0 fully saturated rings. The lowest BCUT2D eigenvalue weighted by atomic mass is 10.0. The molecule has 0 saturated heterocycles. The standard InChI is InChI=1S/C21H25NO3/c1-4-8-19(17-9-6-5-7-10-17)22-20(23)14-25-21(24)18-12-11-15(2)16(3)13-18/h5-7,9-13,19H,4,8,14H2,1-3H3,(H,22,23)/t19-/m0/s1. The fourth-order valence-corrected chi connectivity index (χ4v) is 2.62. The molecule has 0 radical (unpaired) electrons. The normalized spacial score (nSPS) is 11.6. The number of amides is 1. The molecule has 2 aromatic rings. The quantitative estimate of drug-likeness (QED) is 0.772. The van der Waals surface area contributed by atoms with Crippen LogP contribution in [0.2, 0.25) is 0 Å². The van der Waals surface area contributed by atoms with Crippen LogP contribution in [0.4, 0.5) is 0 Å². The molecule has 1 atom stereocenters. The molecule has 0 unspecified atom stereocenters. The molecule has 0 spiro atoms. The lowest BCUT2D eigenvalue weighted by Crippen LogP contribution is -2.32. The van der Waals surface area contributed by atoms with Crippen LogP contribution in [0, 0.1) is 13.8 Å². The van der Waals surface area contributed by atoms with E-state index in [1.165, 1.54) is 0 Å². The van der Waals surface area contributed by atoms with E-state index in [1.54, 1.807) is 12.1 Å². The fourth-order valence-electron chi connectivity index (χ4n) is 2.62. The molecule has 2 rings (SSSR count). The van der Waals surface area contributed by atoms with E-state index in [-0.39, 0.29) is 18.6 Å². The number of carbonyl (C=O) groups excluding carboxylic acids is 2. The highest BCUT2D eigenvalue weighted by Gasteiger charge is 2.16. The Labute approximate surface area is 149 Å². The summed E-state index contributed by atoms with van der Waals surface area (Å²) < 4.78 is 5.15. The summed E-state index contributed by atoms with van der Waals surface area (Å²) in [6.07, 6.45) is 1.78. The van der Waals surface area contributed by atoms with Crippen LogP contribution >= 0.6 is 0 Å². The Morgan fingerprint density at radius 1 is 1.04 bits per heavy atom. The van der Waals surface area contributed by atoms with E-state index < -0.39 is 5.97 Å². The maximum Gasteiger partial charge on any atom is 0.338 e. The van der Waals surface area contributed by atoms with Crippen LogP contribution in [0.3, 0.4) is 0 Å². The van der Waals surface area contributed by atoms with Gasteiger partial charge in [0.25, 0.3) is 5.91 Å². The Morgan fingerprint density at radius 2 is 1.76 bits per heavy atom. The van der Waals surface area contributed by atoms with E-state index in [4.69, 9.17) is 4.74 Å². The van der Waals surface area contributed by atoms with E-state index in [9.17, 15) is 9.59 Å². The molecule has 1 amide bonds. The minimum Gasteiger partial charge on any atom is -0.452 e. The van der Waals surface area contributed by atoms with Gasteiger partial charge in [-0.05, 0) is 49.1 Å². The van der Waals surface area contributed by atoms with Crippen LogP contribution in [-0.2, 0) is 9.53 Å². The third kappa shape index (κ3) is 5.45. The van der Waals surface area contributed by atoms with Gasteiger partial charge in [0.1, 0.15) is 0 Å². The summed E-state index contributed by atoms with van der Waals surface area (Å²) in [5, 5.41) is 2.95. The third-order valence-electron chi connectivity index (χ3n) is 4.19. The summed E-state index contributed by atoms with van der Waals surface area (Å²) in [6.45, 7) is 5.71. The van der Waals surface area contributed by atoms with Crippen molar-refractivity contribution in [3.63, 3.8) is 0 Å². The average molecular weight is 339 g/mol. The zero-order valence-electron chi connectivity index (χ0n) is 15.0. The second-order valence-electron chi connectivity index (χ2n) is 6.19. The van der Waals surface area contributed by atoms with Crippen LogP contribution in [-0.4, -0.2) is 18.5 Å². The molecular formula is C21H25NO3. The summed E-state index contributed by atoms with van der Waals surface area (Å²) in [5.41, 5.74) is 3.65. The summed E-state index contributed by atoms with van der Waals surface area (Å²) in [6, 6.07) is 15.1. The molecule has 0 saturated carbocycles. The second kappa shape index (κ2) is 9.02. The molecular weight excluding hydrogens is 314 g/mol. The van der Waals surface area contributed by atoms with Gasteiger partial charge in [-0.25, -0.2) is 4.79 Å². The van der Waals surface area contributed by atoms with Gasteiger partial charge < -0.3 is 10.1 Å². The summed E-state index contributed by atoms with van der Waals surface area (Å²) in [4.78, 5) is 24.3. The molecule has 0 aliphatic heterocycles. The number of carbonyl (C=O) groups is 2. The molecule has 0 aliphatic carbocycles. The average Bonchev–Trinajstić information content (AvgIpc) is 2.62. The van der Waals surface area contributed by atoms with Crippen molar-refractivity contribution in [1.29, 1.82) is 0 Å². The first-order chi connectivity index (χ1) is 12.0. The number of hydrogen-bond donors (Lipinski definition) is 1. The number of benzene rings is 2. The monoisotopic (exact) mass is 339 g/mol. The molecule has 1 N–H and O–H groups in total. The molecule has 0 bridgehead atoms. The second-order valence-corrected chi connectivity index (χ2v) is 6.19. The maximum absolute atomic E-state index is 12.2. The minimum atomic E-state index is -0.481. The lowest BCUT2D eigenvalue weighted by molar-refractivity contribution is -0.125. The topological polar surface area (TPSA) is 55.4 Å². The van der Waals surface area contributed by atoms with Gasteiger partial charge in [0.05, 0.1) is 11.6 Å². The maximum atomic E-state index is 12.2. The van der Waals surface area contributed by atoms with Crippen LogP contribution < -0.4 is 5.32 Å². The first-order valence-electron chi connectivity index (χ1n) is 8.60. The largest absolute Gasteiger partial charge is 0.452 e. The number of rotatable bonds is 7. The number of ether oxygens (including phenoxy) is 1. The minimum absolute atomic E-state index is 0.0704. The van der Waals surface area contributed by atoms with Gasteiger partial charge in [-0.3, -0.25) is 4.79 Å². The van der Waals surface area contributed by atoms with Gasteiger partial charge in [0.15, 0.2) is 6.61 Å². The molecule has 0 aromatic heterocycles. The van der Waals surface area contributed by atoms with E-state index in [2.05, 4.69) is 12.2 Å². The van der Waals surface area contributed by atoms with Crippen molar-refractivity contribution in [2.45, 2.75) is 39.7 Å². The van der Waals surface area contributed by atoms with Gasteiger partial charge in [-0.2, -0.15) is 0 Å². The van der Waals surface area contributed by atoms with Gasteiger partial charge in [0, 0.05) is 0 Å². The van der Waals surface area contributed by atoms with Crippen LogP contribution in [0.1, 0.15) is 52.9 Å². The summed E-state index contributed by atoms with van der Waals surface area (Å²) in [7, 11) is 0. The molecule has 0 aliphatic rings. The van der Waals surface area contributed by atoms with Crippen molar-refractivity contribution in [3.05, 3.63) is 70.8 Å². The lowest BCUT2D eigenvalue weighted by Gasteiger charge is -2.18. The Hall–Kier alpha value is -2.62. The van der Waals surface area contributed by atoms with E-state index in [1.807, 2.05) is 50.2 Å². The smallest absolute Gasteiger partial charge is 0.338 e. The summed E-state index contributed by atoms with van der Waals surface area (Å²) >= 11 is 0. The summed E-state index contributed by atoms with van der Waals surface area (Å²) in [5.74, 6) is -0.774. The SMILES string of the molecule is CCC[C@H](NC(=O)COC(=O)c1ccc(C)c(C)c1)c1ccccc1. The zero-order valence-corrected chi connectivity index (χ0v) is 15.0. The van der Waals surface area contributed by atoms with E-state index >= 15 is 0 Å². The first kappa shape index (κ1) is 18.7. The Balaban J connectivity index is 1.92. The zero-order chi connectivity index (χ0) is 18.2. The highest BCUT2D eigenvalue weighted by atomic mass is 16.5. The Kier molecular flexibility index (Phi) is 6.75. The Morgan fingerprint density at radius 3 is 2.40 bits per heavy atom. The van der Waals surface area contributed by atoms with E-state index in [0.717, 1.165) is 29.5 Å². The van der Waals surface area contributed by atoms with E-state index in [0.29, 0.717) is 5.56 Å². The predicted molar refractivity (Wildman–Crippen MR) is 98.4 cm³/mol. The molecule has 4 nitrogen and oxygen atoms in total. The van der Waals surface area contributed by atoms with Gasteiger partial charge >= 0.3 is 5.97 Å². The number of hydrogen-bond acceptors (Lipinski definition) is 3. The van der Waals surface area contributed by atoms with Gasteiger partial charge in [0.2, 0.25) is 0 Å². The van der Waals surface area contributed by atoms with Crippen molar-refractivity contribution in [2.75, 3.05) is 6.61 Å². The van der Waals surface area contributed by atoms with Crippen LogP contribution in [0.25, 0.3) is 0 Å². The highest BCUT2D eigenvalue weighted by Crippen LogP contribution is 2.18. The predicted octanol–water partition coefficient (Wildman–Crippen LogP) is 4.12. The number of aryl methyl sites for hydroxylation is 2. The highest BCUT2D eigenvalue weighted by molar-refractivity contribution is 5.91. The molecule has 2 aromatic carbocycles. The van der Waals surface area contributed by atoms with Gasteiger partial charge in [-0.1, -0.05) is 49.7 Å². The van der Waals surface area contributed by atoms with Crippen molar-refractivity contribution < 1.29 is 14.3 Å². The van der Waals surface area contributed by atoms with Crippen LogP contribution in [0.5, 0.6) is 0 Å². The molecule has 132 valence electrons.